The minimum absolute atomic E-state index is 0. The number of aliphatic hydroxyl groups excluding tert-OH is 3. The van der Waals surface area contributed by atoms with Crippen LogP contribution in [0, 0.1) is 0 Å². The maximum atomic E-state index is 11.7. The van der Waals surface area contributed by atoms with Gasteiger partial charge in [-0.1, -0.05) is 40.0 Å². The predicted molar refractivity (Wildman–Crippen MR) is 97.3 cm³/mol. The van der Waals surface area contributed by atoms with Gasteiger partial charge in [0.2, 0.25) is 0 Å². The zero-order valence-electron chi connectivity index (χ0n) is 15.1. The van der Waals surface area contributed by atoms with Gasteiger partial charge in [-0.2, -0.15) is 0 Å². The summed E-state index contributed by atoms with van der Waals surface area (Å²) in [6, 6.07) is 7.44. The van der Waals surface area contributed by atoms with Crippen molar-refractivity contribution in [2.75, 3.05) is 19.8 Å². The average molecular weight is 471 g/mol. The maximum absolute atomic E-state index is 11.7. The third-order valence-electron chi connectivity index (χ3n) is 2.42. The van der Waals surface area contributed by atoms with Crippen molar-refractivity contribution in [3.8, 4) is 0 Å². The largest absolute Gasteiger partial charge is 0 e. The first-order chi connectivity index (χ1) is 10.7. The molecule has 0 aliphatic rings. The van der Waals surface area contributed by atoms with Gasteiger partial charge >= 0.3 is 48.1 Å². The number of rotatable bonds is 7. The van der Waals surface area contributed by atoms with Gasteiger partial charge in [-0.15, -0.1) is 0 Å². The van der Waals surface area contributed by atoms with E-state index >= 15 is 0 Å². The van der Waals surface area contributed by atoms with E-state index in [0.29, 0.717) is 19.8 Å². The molecule has 0 aromatic heterocycles. The van der Waals surface area contributed by atoms with Crippen LogP contribution in [0.25, 0.3) is 0 Å². The van der Waals surface area contributed by atoms with Crippen molar-refractivity contribution < 1.29 is 45.0 Å². The summed E-state index contributed by atoms with van der Waals surface area (Å²) in [6.07, 6.45) is 6.11. The predicted octanol–water partition coefficient (Wildman–Crippen LogP) is 2.42. The number of halogens is 1. The molecule has 6 heteroatoms. The van der Waals surface area contributed by atoms with Gasteiger partial charge in [-0.05, 0) is 19.3 Å². The molecule has 3 nitrogen and oxygen atoms in total. The Kier molecular flexibility index (Phi) is 46.4. The number of aliphatic hydroxyl groups is 3. The van der Waals surface area contributed by atoms with E-state index in [1.54, 1.807) is 0 Å². The first kappa shape index (κ1) is 31.4. The number of hydrogen-bond acceptors (Lipinski definition) is 3. The smallest absolute Gasteiger partial charge is 0 e. The summed E-state index contributed by atoms with van der Waals surface area (Å²) in [5, 5.41) is 24.2. The minimum atomic E-state index is -1.73. The van der Waals surface area contributed by atoms with Crippen molar-refractivity contribution >= 4 is 20.3 Å². The van der Waals surface area contributed by atoms with E-state index in [1.165, 1.54) is 0 Å². The second-order valence-electron chi connectivity index (χ2n) is 4.66. The van der Waals surface area contributed by atoms with E-state index in [0.717, 1.165) is 42.9 Å². The zero-order chi connectivity index (χ0) is 17.5. The van der Waals surface area contributed by atoms with Crippen LogP contribution in [0.1, 0.15) is 59.3 Å². The van der Waals surface area contributed by atoms with Crippen molar-refractivity contribution in [3.63, 3.8) is 0 Å². The molecule has 0 aliphatic carbocycles. The summed E-state index contributed by atoms with van der Waals surface area (Å²) in [4.78, 5) is 0. The summed E-state index contributed by atoms with van der Waals surface area (Å²) in [5.41, 5.74) is 0. The van der Waals surface area contributed by atoms with Crippen molar-refractivity contribution in [2.24, 2.45) is 0 Å². The van der Waals surface area contributed by atoms with Crippen LogP contribution in [0.4, 0.5) is 3.50 Å². The summed E-state index contributed by atoms with van der Waals surface area (Å²) in [5.74, 6) is 0. The summed E-state index contributed by atoms with van der Waals surface area (Å²) >= 11 is -1.73. The van der Waals surface area contributed by atoms with Gasteiger partial charge in [0.25, 0.3) is 0 Å². The molecule has 1 rings (SSSR count). The van der Waals surface area contributed by atoms with Crippen LogP contribution in [-0.2, 0) is 26.2 Å². The molecule has 1 aromatic carbocycles. The van der Waals surface area contributed by atoms with Crippen molar-refractivity contribution in [1.29, 1.82) is 0 Å². The van der Waals surface area contributed by atoms with Crippen LogP contribution in [0.2, 0.25) is 0 Å². The van der Waals surface area contributed by atoms with Crippen LogP contribution in [-0.4, -0.2) is 51.0 Å². The topological polar surface area (TPSA) is 60.7 Å². The minimum Gasteiger partial charge on any atom is 0 e. The van der Waals surface area contributed by atoms with Crippen molar-refractivity contribution in [3.05, 3.63) is 24.3 Å². The zero-order valence-corrected chi connectivity index (χ0v) is 20.5. The maximum Gasteiger partial charge on any atom is 0 e. The second kappa shape index (κ2) is 34.0. The van der Waals surface area contributed by atoms with E-state index in [9.17, 15) is 3.50 Å². The Bertz CT molecular complexity index is 230. The average Bonchev–Trinajstić information content (AvgIpc) is 3.05. The van der Waals surface area contributed by atoms with Gasteiger partial charge in [0.1, 0.15) is 0 Å². The monoisotopic (exact) mass is 471 g/mol. The van der Waals surface area contributed by atoms with Gasteiger partial charge in [-0.25, -0.2) is 0 Å². The van der Waals surface area contributed by atoms with Crippen LogP contribution in [0.3, 0.4) is 0 Å². The molecule has 1 aromatic rings. The number of unbranched alkanes of at least 4 members (excludes halogenated alkanes) is 3. The second-order valence-corrected chi connectivity index (χ2v) is 6.93. The Morgan fingerprint density at radius 3 is 1.17 bits per heavy atom. The molecule has 0 radical (unpaired) electrons. The van der Waals surface area contributed by atoms with E-state index in [4.69, 9.17) is 15.3 Å². The molecule has 0 heterocycles. The van der Waals surface area contributed by atoms with Crippen LogP contribution < -0.4 is 4.40 Å². The van der Waals surface area contributed by atoms with Crippen LogP contribution in [0.5, 0.6) is 0 Å². The molecule has 138 valence electrons. The Labute approximate surface area is 168 Å². The summed E-state index contributed by atoms with van der Waals surface area (Å²) < 4.78 is 12.7. The SMILES string of the molecule is CCCCO.CCCCO.CCCCO.[F][GeH2][c-]1cccc1.[Zr]. The molecule has 0 saturated carbocycles. The summed E-state index contributed by atoms with van der Waals surface area (Å²) in [6.45, 7) is 7.19. The van der Waals surface area contributed by atoms with Crippen molar-refractivity contribution in [2.45, 2.75) is 59.3 Å². The Morgan fingerprint density at radius 2 is 1.09 bits per heavy atom. The van der Waals surface area contributed by atoms with E-state index in [2.05, 4.69) is 20.8 Å². The third-order valence-corrected chi connectivity index (χ3v) is 4.06. The molecule has 0 spiro atoms. The standard InChI is InChI=1S/C5H6FGe.3C4H10O.Zr/c6-7-5-3-1-2-4-5;3*1-2-3-4-5;/h1-4H,7H2;3*5H,2-4H2,1H3;/q-1;;;;. The van der Waals surface area contributed by atoms with Gasteiger partial charge in [0.05, 0.1) is 0 Å². The third kappa shape index (κ3) is 39.4. The van der Waals surface area contributed by atoms with Gasteiger partial charge in [0, 0.05) is 46.0 Å². The van der Waals surface area contributed by atoms with Crippen LogP contribution >= 0.6 is 0 Å². The van der Waals surface area contributed by atoms with E-state index < -0.39 is 15.9 Å². The molecular formula is C17H36FGeO3Zr-. The van der Waals surface area contributed by atoms with Gasteiger partial charge in [0.15, 0.2) is 0 Å². The molecule has 0 amide bonds. The molecule has 23 heavy (non-hydrogen) atoms. The van der Waals surface area contributed by atoms with Crippen LogP contribution in [0.15, 0.2) is 24.3 Å². The van der Waals surface area contributed by atoms with Gasteiger partial charge in [-0.3, -0.25) is 0 Å². The van der Waals surface area contributed by atoms with E-state index in [-0.39, 0.29) is 26.2 Å². The quantitative estimate of drug-likeness (QED) is 0.423. The molecular weight excluding hydrogens is 435 g/mol. The molecule has 0 aliphatic heterocycles. The number of hydrogen-bond donors (Lipinski definition) is 3. The molecule has 3 N–H and O–H groups in total. The molecule has 0 atom stereocenters. The molecule has 0 fully saturated rings. The Balaban J connectivity index is -0.000000105. The van der Waals surface area contributed by atoms with E-state index in [1.807, 2.05) is 24.3 Å². The fourth-order valence-corrected chi connectivity index (χ4v) is 1.92. The Hall–Kier alpha value is 0.586. The molecule has 0 unspecified atom stereocenters. The first-order valence-electron chi connectivity index (χ1n) is 8.27. The first-order valence-corrected chi connectivity index (χ1v) is 10.9. The summed E-state index contributed by atoms with van der Waals surface area (Å²) in [7, 11) is 0. The normalized spacial score (nSPS) is 8.83. The fraction of sp³-hybridized carbons (Fsp3) is 0.706. The van der Waals surface area contributed by atoms with Crippen molar-refractivity contribution in [1.82, 2.24) is 0 Å². The molecule has 0 saturated heterocycles. The fourth-order valence-electron chi connectivity index (χ4n) is 0.977. The molecule has 0 bridgehead atoms. The van der Waals surface area contributed by atoms with Gasteiger partial charge < -0.3 is 15.3 Å². The Morgan fingerprint density at radius 1 is 0.783 bits per heavy atom.